The first-order valence-electron chi connectivity index (χ1n) is 12.0. The highest BCUT2D eigenvalue weighted by molar-refractivity contribution is 5.85. The Kier molecular flexibility index (Phi) is 8.59. The van der Waals surface area contributed by atoms with Gasteiger partial charge in [-0.15, -0.1) is 0 Å². The topological polar surface area (TPSA) is 82.1 Å². The zero-order chi connectivity index (χ0) is 24.8. The van der Waals surface area contributed by atoms with Gasteiger partial charge in [0.2, 0.25) is 12.2 Å². The molecule has 34 heavy (non-hydrogen) atoms. The molecule has 0 amide bonds. The lowest BCUT2D eigenvalue weighted by atomic mass is 9.75. The maximum atomic E-state index is 13.5. The monoisotopic (exact) mass is 468 g/mol. The molecular formula is C28H36O6. The highest BCUT2D eigenvalue weighted by Crippen LogP contribution is 2.36. The lowest BCUT2D eigenvalue weighted by Crippen LogP contribution is -2.50. The van der Waals surface area contributed by atoms with E-state index in [4.69, 9.17) is 14.2 Å². The van der Waals surface area contributed by atoms with Crippen LogP contribution in [0.3, 0.4) is 0 Å². The van der Waals surface area contributed by atoms with Crippen LogP contribution >= 0.6 is 0 Å². The number of esters is 1. The molecular weight excluding hydrogens is 432 g/mol. The van der Waals surface area contributed by atoms with Gasteiger partial charge in [0.1, 0.15) is 17.6 Å². The molecule has 1 aliphatic rings. The Bertz CT molecular complexity index is 984. The van der Waals surface area contributed by atoms with Crippen LogP contribution in [0.1, 0.15) is 51.2 Å². The number of ether oxygens (including phenoxy) is 3. The molecule has 184 valence electrons. The largest absolute Gasteiger partial charge is 0.478 e. The third kappa shape index (κ3) is 6.31. The van der Waals surface area contributed by atoms with Crippen LogP contribution in [-0.2, 0) is 14.3 Å². The molecule has 0 aliphatic heterocycles. The summed E-state index contributed by atoms with van der Waals surface area (Å²) in [5.41, 5.74) is 1.55. The molecule has 6 nitrogen and oxygen atoms in total. The van der Waals surface area contributed by atoms with E-state index in [1.165, 1.54) is 0 Å². The van der Waals surface area contributed by atoms with E-state index < -0.39 is 24.1 Å². The van der Waals surface area contributed by atoms with Gasteiger partial charge >= 0.3 is 11.9 Å². The van der Waals surface area contributed by atoms with Crippen LogP contribution in [-0.4, -0.2) is 35.4 Å². The van der Waals surface area contributed by atoms with E-state index in [-0.39, 0.29) is 12.0 Å². The summed E-state index contributed by atoms with van der Waals surface area (Å²) >= 11 is 0. The quantitative estimate of drug-likeness (QED) is 0.483. The average molecular weight is 469 g/mol. The fourth-order valence-corrected chi connectivity index (χ4v) is 4.59. The Balaban J connectivity index is 1.92. The predicted octanol–water partition coefficient (Wildman–Crippen LogP) is 5.59. The second kappa shape index (κ2) is 11.4. The molecule has 0 radical (unpaired) electrons. The number of carboxylic acid groups (broad SMARTS) is 1. The van der Waals surface area contributed by atoms with Crippen molar-refractivity contribution in [2.45, 2.75) is 72.2 Å². The highest BCUT2D eigenvalue weighted by Gasteiger charge is 2.43. The van der Waals surface area contributed by atoms with E-state index in [1.54, 1.807) is 24.3 Å². The van der Waals surface area contributed by atoms with Gasteiger partial charge in [-0.05, 0) is 67.7 Å². The second-order valence-corrected chi connectivity index (χ2v) is 9.75. The summed E-state index contributed by atoms with van der Waals surface area (Å²) < 4.78 is 17.9. The van der Waals surface area contributed by atoms with Crippen molar-refractivity contribution in [3.63, 3.8) is 0 Å². The number of aryl methyl sites for hydroxylation is 2. The number of carboxylic acids is 1. The molecule has 3 unspecified atom stereocenters. The average Bonchev–Trinajstić information content (AvgIpc) is 2.78. The van der Waals surface area contributed by atoms with Gasteiger partial charge in [0.25, 0.3) is 0 Å². The molecule has 0 aromatic heterocycles. The minimum absolute atomic E-state index is 0.222. The number of benzene rings is 2. The number of hydrogen-bond acceptors (Lipinski definition) is 5. The van der Waals surface area contributed by atoms with Crippen LogP contribution in [0, 0.1) is 31.6 Å². The van der Waals surface area contributed by atoms with Gasteiger partial charge in [0.15, 0.2) is 0 Å². The molecule has 1 aliphatic carbocycles. The van der Waals surface area contributed by atoms with Crippen molar-refractivity contribution < 1.29 is 28.9 Å². The first kappa shape index (κ1) is 25.6. The van der Waals surface area contributed by atoms with Crippen LogP contribution in [0.25, 0.3) is 0 Å². The van der Waals surface area contributed by atoms with E-state index in [0.717, 1.165) is 30.4 Å². The van der Waals surface area contributed by atoms with Crippen LogP contribution < -0.4 is 9.47 Å². The van der Waals surface area contributed by atoms with E-state index in [0.29, 0.717) is 23.3 Å². The van der Waals surface area contributed by atoms with E-state index in [2.05, 4.69) is 20.8 Å². The Morgan fingerprint density at radius 3 is 1.91 bits per heavy atom. The standard InChI is InChI=1S/C28H36O6/c1-17(2)21-15-14-18(3)16-24(21)34-28(31)26(33-23-13-9-7-11-20(23)5)25(27(29)30)32-22-12-8-6-10-19(22)4/h6-13,17-18,21,24-26H,14-16H2,1-5H3,(H,29,30)/t18?,21?,24?,25-,26-/m1/s1. The number of carbonyl (C=O) groups excluding carboxylic acids is 1. The predicted molar refractivity (Wildman–Crippen MR) is 130 cm³/mol. The Morgan fingerprint density at radius 1 is 0.882 bits per heavy atom. The van der Waals surface area contributed by atoms with Gasteiger partial charge in [0.05, 0.1) is 0 Å². The number of hydrogen-bond donors (Lipinski definition) is 1. The van der Waals surface area contributed by atoms with Crippen molar-refractivity contribution in [3.8, 4) is 11.5 Å². The van der Waals surface area contributed by atoms with Gasteiger partial charge in [-0.3, -0.25) is 0 Å². The summed E-state index contributed by atoms with van der Waals surface area (Å²) in [6, 6.07) is 14.3. The van der Waals surface area contributed by atoms with Gasteiger partial charge in [0, 0.05) is 0 Å². The van der Waals surface area contributed by atoms with Crippen molar-refractivity contribution in [2.24, 2.45) is 17.8 Å². The highest BCUT2D eigenvalue weighted by atomic mass is 16.6. The van der Waals surface area contributed by atoms with Crippen molar-refractivity contribution in [1.29, 1.82) is 0 Å². The molecule has 2 aromatic rings. The molecule has 0 heterocycles. The third-order valence-corrected chi connectivity index (χ3v) is 6.67. The molecule has 0 spiro atoms. The molecule has 3 rings (SSSR count). The number of carbonyl (C=O) groups is 2. The minimum atomic E-state index is -1.58. The molecule has 0 bridgehead atoms. The molecule has 1 saturated carbocycles. The van der Waals surface area contributed by atoms with Gasteiger partial charge < -0.3 is 19.3 Å². The smallest absolute Gasteiger partial charge is 0.352 e. The first-order chi connectivity index (χ1) is 16.2. The fraction of sp³-hybridized carbons (Fsp3) is 0.500. The number of para-hydroxylation sites is 2. The second-order valence-electron chi connectivity index (χ2n) is 9.75. The maximum absolute atomic E-state index is 13.5. The van der Waals surface area contributed by atoms with Gasteiger partial charge in [-0.2, -0.15) is 0 Å². The maximum Gasteiger partial charge on any atom is 0.352 e. The van der Waals surface area contributed by atoms with Crippen LogP contribution in [0.5, 0.6) is 11.5 Å². The Morgan fingerprint density at radius 2 is 1.41 bits per heavy atom. The Labute approximate surface area is 202 Å². The summed E-state index contributed by atoms with van der Waals surface area (Å²) in [7, 11) is 0. The first-order valence-corrected chi connectivity index (χ1v) is 12.0. The summed E-state index contributed by atoms with van der Waals surface area (Å²) in [6.07, 6.45) is -0.514. The van der Waals surface area contributed by atoms with Crippen molar-refractivity contribution in [2.75, 3.05) is 0 Å². The molecule has 1 fully saturated rings. The van der Waals surface area contributed by atoms with E-state index >= 15 is 0 Å². The third-order valence-electron chi connectivity index (χ3n) is 6.67. The lowest BCUT2D eigenvalue weighted by molar-refractivity contribution is -0.174. The van der Waals surface area contributed by atoms with E-state index in [1.807, 2.05) is 38.1 Å². The lowest BCUT2D eigenvalue weighted by Gasteiger charge is -2.37. The minimum Gasteiger partial charge on any atom is -0.478 e. The summed E-state index contributed by atoms with van der Waals surface area (Å²) in [5, 5.41) is 10.1. The SMILES string of the molecule is Cc1ccccc1O[C@@H](C(=O)O)[C@@H](Oc1ccccc1C)C(=O)OC1CC(C)CCC1C(C)C. The van der Waals surface area contributed by atoms with Crippen molar-refractivity contribution in [1.82, 2.24) is 0 Å². The summed E-state index contributed by atoms with van der Waals surface area (Å²) in [6.45, 7) is 10.1. The van der Waals surface area contributed by atoms with Gasteiger partial charge in [-0.1, -0.05) is 63.6 Å². The van der Waals surface area contributed by atoms with E-state index in [9.17, 15) is 14.7 Å². The summed E-state index contributed by atoms with van der Waals surface area (Å²) in [5.74, 6) is -0.208. The molecule has 2 aromatic carbocycles. The zero-order valence-corrected chi connectivity index (χ0v) is 20.7. The molecule has 5 atom stereocenters. The van der Waals surface area contributed by atoms with Crippen molar-refractivity contribution in [3.05, 3.63) is 59.7 Å². The zero-order valence-electron chi connectivity index (χ0n) is 20.7. The van der Waals surface area contributed by atoms with Crippen LogP contribution in [0.15, 0.2) is 48.5 Å². The molecule has 1 N–H and O–H groups in total. The number of rotatable bonds is 9. The fourth-order valence-electron chi connectivity index (χ4n) is 4.59. The number of aliphatic carboxylic acids is 1. The molecule has 6 heteroatoms. The normalized spacial score (nSPS) is 22.0. The molecule has 0 saturated heterocycles. The van der Waals surface area contributed by atoms with Crippen molar-refractivity contribution >= 4 is 11.9 Å². The van der Waals surface area contributed by atoms with Crippen LogP contribution in [0.2, 0.25) is 0 Å². The van der Waals surface area contributed by atoms with Gasteiger partial charge in [-0.25, -0.2) is 9.59 Å². The summed E-state index contributed by atoms with van der Waals surface area (Å²) in [4.78, 5) is 25.9. The van der Waals surface area contributed by atoms with Crippen LogP contribution in [0.4, 0.5) is 0 Å². The Hall–Kier alpha value is -3.02.